The van der Waals surface area contributed by atoms with E-state index in [0.717, 1.165) is 42.4 Å². The highest BCUT2D eigenvalue weighted by atomic mass is 16.3. The number of fused-ring (bicyclic) bond motifs is 5. The molecule has 1 N–H and O–H groups in total. The summed E-state index contributed by atoms with van der Waals surface area (Å²) < 4.78 is 0. The van der Waals surface area contributed by atoms with Crippen LogP contribution in [-0.4, -0.2) is 11.2 Å². The van der Waals surface area contributed by atoms with Crippen molar-refractivity contribution in [3.63, 3.8) is 0 Å². The molecule has 0 saturated heterocycles. The quantitative estimate of drug-likeness (QED) is 0.454. The summed E-state index contributed by atoms with van der Waals surface area (Å²) >= 11 is 0. The van der Waals surface area contributed by atoms with Crippen LogP contribution in [-0.2, 0) is 0 Å². The summed E-state index contributed by atoms with van der Waals surface area (Å²) in [4.78, 5) is 0. The maximum absolute atomic E-state index is 10.2. The lowest BCUT2D eigenvalue weighted by Gasteiger charge is -2.57. The van der Waals surface area contributed by atoms with Gasteiger partial charge in [0.2, 0.25) is 0 Å². The monoisotopic (exact) mass is 412 g/mol. The van der Waals surface area contributed by atoms with Gasteiger partial charge in [-0.05, 0) is 117 Å². The minimum Gasteiger partial charge on any atom is -0.393 e. The summed E-state index contributed by atoms with van der Waals surface area (Å²) in [5.74, 6) is 5.17. The van der Waals surface area contributed by atoms with Crippen LogP contribution < -0.4 is 0 Å². The first-order valence-corrected chi connectivity index (χ1v) is 13.2. The first-order valence-electron chi connectivity index (χ1n) is 13.2. The fourth-order valence-electron chi connectivity index (χ4n) is 8.59. The van der Waals surface area contributed by atoms with Gasteiger partial charge in [0.05, 0.1) is 6.10 Å². The molecule has 170 valence electrons. The fraction of sp³-hybridized carbons (Fsp3) is 0.862. The lowest BCUT2D eigenvalue weighted by molar-refractivity contribution is -0.0360. The van der Waals surface area contributed by atoms with Crippen molar-refractivity contribution >= 4 is 0 Å². The highest BCUT2D eigenvalue weighted by Crippen LogP contribution is 2.66. The van der Waals surface area contributed by atoms with Crippen molar-refractivity contribution in [2.24, 2.45) is 46.3 Å². The van der Waals surface area contributed by atoms with Gasteiger partial charge < -0.3 is 5.11 Å². The van der Waals surface area contributed by atoms with Crippen molar-refractivity contribution < 1.29 is 5.11 Å². The highest BCUT2D eigenvalue weighted by Gasteiger charge is 2.57. The van der Waals surface area contributed by atoms with Crippen LogP contribution in [0.1, 0.15) is 106 Å². The largest absolute Gasteiger partial charge is 0.393 e. The molecule has 0 aromatic rings. The molecule has 0 unspecified atom stereocenters. The Morgan fingerprint density at radius 1 is 1.17 bits per heavy atom. The maximum atomic E-state index is 10.2. The standard InChI is InChI=1S/C29H48O/c1-7-21(19(2)3)9-8-20(4)22-16-27-25-11-10-23-17-24(30)12-15-29(23,6)26(25)13-14-28(27,5)18-22/h7,10,19-20,22,24-27,30H,8-9,11-18H2,1-6H3/b21-7+/t20-,22-,24-,25-,26+,27-,28-,29+/m1/s1. The normalized spacial score (nSPS) is 44.9. The number of hydrogen-bond donors (Lipinski definition) is 1. The first kappa shape index (κ1) is 22.6. The Morgan fingerprint density at radius 2 is 1.93 bits per heavy atom. The van der Waals surface area contributed by atoms with Gasteiger partial charge in [-0.15, -0.1) is 0 Å². The number of rotatable bonds is 5. The number of hydrogen-bond acceptors (Lipinski definition) is 1. The summed E-state index contributed by atoms with van der Waals surface area (Å²) in [7, 11) is 0. The summed E-state index contributed by atoms with van der Waals surface area (Å²) in [5, 5.41) is 10.2. The summed E-state index contributed by atoms with van der Waals surface area (Å²) in [5.41, 5.74) is 4.23. The minimum absolute atomic E-state index is 0.0839. The molecular formula is C29H48O. The smallest absolute Gasteiger partial charge is 0.0577 e. The average Bonchev–Trinajstić information content (AvgIpc) is 3.06. The molecule has 0 aliphatic heterocycles. The van der Waals surface area contributed by atoms with Crippen molar-refractivity contribution in [3.05, 3.63) is 23.3 Å². The van der Waals surface area contributed by atoms with Crippen molar-refractivity contribution in [2.45, 2.75) is 112 Å². The van der Waals surface area contributed by atoms with E-state index >= 15 is 0 Å². The molecule has 3 fully saturated rings. The summed E-state index contributed by atoms with van der Waals surface area (Å²) in [6.07, 6.45) is 17.8. The van der Waals surface area contributed by atoms with Crippen LogP contribution in [0.2, 0.25) is 0 Å². The first-order chi connectivity index (χ1) is 14.2. The molecule has 0 heterocycles. The Labute approximate surface area is 186 Å². The van der Waals surface area contributed by atoms with Crippen LogP contribution in [0.4, 0.5) is 0 Å². The van der Waals surface area contributed by atoms with Gasteiger partial charge in [-0.1, -0.05) is 57.9 Å². The van der Waals surface area contributed by atoms with Crippen LogP contribution in [0.5, 0.6) is 0 Å². The van der Waals surface area contributed by atoms with Gasteiger partial charge >= 0.3 is 0 Å². The van der Waals surface area contributed by atoms with Gasteiger partial charge in [-0.2, -0.15) is 0 Å². The second-order valence-electron chi connectivity index (χ2n) is 12.6. The van der Waals surface area contributed by atoms with Gasteiger partial charge in [0.1, 0.15) is 0 Å². The second kappa shape index (κ2) is 8.42. The van der Waals surface area contributed by atoms with Crippen LogP contribution in [0.15, 0.2) is 23.3 Å². The van der Waals surface area contributed by atoms with Crippen molar-refractivity contribution in [1.82, 2.24) is 0 Å². The Bertz CT molecular complexity index is 686. The van der Waals surface area contributed by atoms with Crippen molar-refractivity contribution in [3.8, 4) is 0 Å². The molecule has 0 amide bonds. The van der Waals surface area contributed by atoms with E-state index in [-0.39, 0.29) is 6.10 Å². The second-order valence-corrected chi connectivity index (χ2v) is 12.6. The van der Waals surface area contributed by atoms with Crippen molar-refractivity contribution in [1.29, 1.82) is 0 Å². The van der Waals surface area contributed by atoms with Gasteiger partial charge in [-0.25, -0.2) is 0 Å². The molecule has 1 nitrogen and oxygen atoms in total. The van der Waals surface area contributed by atoms with Gasteiger partial charge in [0.15, 0.2) is 0 Å². The Balaban J connectivity index is 1.47. The molecule has 4 aliphatic rings. The lowest BCUT2D eigenvalue weighted by atomic mass is 9.48. The molecular weight excluding hydrogens is 364 g/mol. The SMILES string of the molecule is C/C=C(\CC[C@@H](C)[C@@H]1C[C@@H]2[C@@H]3CC=C4C[C@H](O)CC[C@]4(C)[C@H]3CC[C@]2(C)C1)C(C)C. The van der Waals surface area contributed by atoms with Crippen molar-refractivity contribution in [2.75, 3.05) is 0 Å². The molecule has 4 aliphatic carbocycles. The molecule has 0 aromatic heterocycles. The molecule has 0 spiro atoms. The van der Waals surface area contributed by atoms with E-state index < -0.39 is 0 Å². The lowest BCUT2D eigenvalue weighted by Crippen LogP contribution is -2.49. The Morgan fingerprint density at radius 3 is 2.63 bits per heavy atom. The predicted molar refractivity (Wildman–Crippen MR) is 128 cm³/mol. The number of aliphatic hydroxyl groups excluding tert-OH is 1. The Kier molecular flexibility index (Phi) is 6.35. The summed E-state index contributed by atoms with van der Waals surface area (Å²) in [6.45, 7) is 14.7. The molecule has 3 saturated carbocycles. The van der Waals surface area contributed by atoms with Crippen LogP contribution >= 0.6 is 0 Å². The highest BCUT2D eigenvalue weighted by molar-refractivity contribution is 5.25. The molecule has 1 heteroatoms. The summed E-state index contributed by atoms with van der Waals surface area (Å²) in [6, 6.07) is 0. The predicted octanol–water partition coefficient (Wildman–Crippen LogP) is 7.94. The molecule has 8 atom stereocenters. The van der Waals surface area contributed by atoms with Crippen LogP contribution in [0.25, 0.3) is 0 Å². The van der Waals surface area contributed by atoms with E-state index in [1.54, 1.807) is 11.1 Å². The van der Waals surface area contributed by atoms with E-state index in [1.165, 1.54) is 51.4 Å². The molecule has 4 rings (SSSR count). The van der Waals surface area contributed by atoms with E-state index in [0.29, 0.717) is 16.7 Å². The molecule has 0 radical (unpaired) electrons. The molecule has 0 aromatic carbocycles. The third-order valence-electron chi connectivity index (χ3n) is 10.7. The van der Waals surface area contributed by atoms with Gasteiger partial charge in [0, 0.05) is 0 Å². The average molecular weight is 413 g/mol. The van der Waals surface area contributed by atoms with Crippen LogP contribution in [0, 0.1) is 46.3 Å². The molecule has 30 heavy (non-hydrogen) atoms. The fourth-order valence-corrected chi connectivity index (χ4v) is 8.59. The number of aliphatic hydroxyl groups is 1. The van der Waals surface area contributed by atoms with E-state index in [9.17, 15) is 5.11 Å². The zero-order chi connectivity index (χ0) is 21.7. The number of allylic oxidation sites excluding steroid dienone is 3. The van der Waals surface area contributed by atoms with E-state index in [4.69, 9.17) is 0 Å². The van der Waals surface area contributed by atoms with Crippen LogP contribution in [0.3, 0.4) is 0 Å². The van der Waals surface area contributed by atoms with Gasteiger partial charge in [0.25, 0.3) is 0 Å². The third-order valence-corrected chi connectivity index (χ3v) is 10.7. The van der Waals surface area contributed by atoms with E-state index in [1.807, 2.05) is 0 Å². The Hall–Kier alpha value is -0.560. The zero-order valence-electron chi connectivity index (χ0n) is 20.7. The third kappa shape index (κ3) is 3.87. The van der Waals surface area contributed by atoms with E-state index in [2.05, 4.69) is 53.7 Å². The van der Waals surface area contributed by atoms with Gasteiger partial charge in [-0.3, -0.25) is 0 Å². The minimum atomic E-state index is -0.0839. The maximum Gasteiger partial charge on any atom is 0.0577 e. The molecule has 0 bridgehead atoms. The topological polar surface area (TPSA) is 20.2 Å². The zero-order valence-corrected chi connectivity index (χ0v) is 20.7.